The van der Waals surface area contributed by atoms with Crippen LogP contribution in [0, 0.1) is 5.92 Å². The van der Waals surface area contributed by atoms with Gasteiger partial charge in [0.25, 0.3) is 0 Å². The molecule has 0 fully saturated rings. The summed E-state index contributed by atoms with van der Waals surface area (Å²) in [5.41, 5.74) is 0. The van der Waals surface area contributed by atoms with Gasteiger partial charge in [0.1, 0.15) is 11.7 Å². The fraction of sp³-hybridized carbons (Fsp3) is 0.838. The molecule has 0 spiro atoms. The minimum atomic E-state index is -0.556. The lowest BCUT2D eigenvalue weighted by Gasteiger charge is -2.13. The zero-order valence-electron chi connectivity index (χ0n) is 27.2. The minimum Gasteiger partial charge on any atom is -0.468 e. The van der Waals surface area contributed by atoms with E-state index < -0.39 is 5.92 Å². The Bertz CT molecular complexity index is 607. The van der Waals surface area contributed by atoms with E-state index in [4.69, 9.17) is 4.74 Å². The minimum absolute atomic E-state index is 0.0853. The fourth-order valence-corrected chi connectivity index (χ4v) is 5.34. The van der Waals surface area contributed by atoms with E-state index in [1.807, 2.05) is 0 Å². The van der Waals surface area contributed by atoms with Gasteiger partial charge < -0.3 is 4.74 Å². The van der Waals surface area contributed by atoms with Crippen molar-refractivity contribution in [3.63, 3.8) is 0 Å². The molecule has 0 heterocycles. The first kappa shape index (κ1) is 38.6. The number of esters is 1. The number of carbonyl (C=O) groups is 2. The van der Waals surface area contributed by atoms with Gasteiger partial charge in [-0.05, 0) is 64.2 Å². The molecule has 0 rings (SSSR count). The quantitative estimate of drug-likeness (QED) is 0.0366. The summed E-state index contributed by atoms with van der Waals surface area (Å²) in [4.78, 5) is 24.9. The monoisotopic (exact) mass is 561 g/mol. The fourth-order valence-electron chi connectivity index (χ4n) is 5.34. The molecule has 0 aliphatic heterocycles. The van der Waals surface area contributed by atoms with Crippen molar-refractivity contribution >= 4 is 11.8 Å². The van der Waals surface area contributed by atoms with Gasteiger partial charge in [-0.3, -0.25) is 9.59 Å². The first-order valence-electron chi connectivity index (χ1n) is 17.6. The van der Waals surface area contributed by atoms with E-state index in [9.17, 15) is 9.59 Å². The molecule has 0 aromatic carbocycles. The van der Waals surface area contributed by atoms with Gasteiger partial charge in [0.05, 0.1) is 7.11 Å². The lowest BCUT2D eigenvalue weighted by atomic mass is 9.93. The largest absolute Gasteiger partial charge is 0.468 e. The average molecular weight is 561 g/mol. The third-order valence-corrected chi connectivity index (χ3v) is 8.06. The number of hydrogen-bond donors (Lipinski definition) is 0. The highest BCUT2D eigenvalue weighted by atomic mass is 16.5. The molecule has 0 aliphatic carbocycles. The summed E-state index contributed by atoms with van der Waals surface area (Å²) in [5, 5.41) is 0. The third kappa shape index (κ3) is 26.8. The van der Waals surface area contributed by atoms with Crippen LogP contribution >= 0.6 is 0 Å². The average Bonchev–Trinajstić information content (AvgIpc) is 2.96. The Morgan fingerprint density at radius 2 is 0.850 bits per heavy atom. The summed E-state index contributed by atoms with van der Waals surface area (Å²) >= 11 is 0. The molecule has 234 valence electrons. The number of rotatable bonds is 31. The molecule has 0 aliphatic rings. The number of hydrogen-bond acceptors (Lipinski definition) is 3. The number of allylic oxidation sites excluding steroid dienone is 4. The third-order valence-electron chi connectivity index (χ3n) is 8.06. The summed E-state index contributed by atoms with van der Waals surface area (Å²) in [6, 6.07) is 0. The number of Topliss-reactive ketones (excluding diaryl/α,β-unsaturated/α-hetero) is 1. The number of ketones is 1. The number of methoxy groups -OCH3 is 1. The van der Waals surface area contributed by atoms with Gasteiger partial charge >= 0.3 is 5.97 Å². The van der Waals surface area contributed by atoms with Crippen LogP contribution in [0.1, 0.15) is 187 Å². The van der Waals surface area contributed by atoms with Gasteiger partial charge in [-0.25, -0.2) is 0 Å². The molecule has 40 heavy (non-hydrogen) atoms. The smallest absolute Gasteiger partial charge is 0.316 e. The molecule has 0 aromatic rings. The molecule has 0 saturated carbocycles. The molecule has 0 amide bonds. The van der Waals surface area contributed by atoms with Crippen LogP contribution < -0.4 is 0 Å². The molecule has 0 saturated heterocycles. The maximum atomic E-state index is 12.7. The maximum absolute atomic E-state index is 12.7. The van der Waals surface area contributed by atoms with Crippen molar-refractivity contribution in [3.8, 4) is 0 Å². The number of unbranched alkanes of at least 4 members (excludes halogenated alkanes) is 21. The van der Waals surface area contributed by atoms with Crippen molar-refractivity contribution in [1.29, 1.82) is 0 Å². The topological polar surface area (TPSA) is 43.4 Å². The molecular formula is C37H68O3. The SMILES string of the molecule is CCCCCCCC/C=C\CCCCCCCC(=O)C(CCCCCC/C=C\CCCCCCCC)C(=O)OC. The van der Waals surface area contributed by atoms with Crippen LogP contribution in [0.3, 0.4) is 0 Å². The summed E-state index contributed by atoms with van der Waals surface area (Å²) in [7, 11) is 1.40. The van der Waals surface area contributed by atoms with Crippen molar-refractivity contribution in [2.45, 2.75) is 187 Å². The van der Waals surface area contributed by atoms with Gasteiger partial charge in [-0.2, -0.15) is 0 Å². The molecule has 1 atom stereocenters. The van der Waals surface area contributed by atoms with Gasteiger partial charge in [0.15, 0.2) is 0 Å². The zero-order chi connectivity index (χ0) is 29.4. The summed E-state index contributed by atoms with van der Waals surface area (Å²) < 4.78 is 4.96. The Hall–Kier alpha value is -1.38. The second-order valence-electron chi connectivity index (χ2n) is 11.9. The van der Waals surface area contributed by atoms with E-state index in [-0.39, 0.29) is 11.8 Å². The summed E-state index contributed by atoms with van der Waals surface area (Å²) in [6.07, 6.45) is 41.6. The normalized spacial score (nSPS) is 12.5. The Morgan fingerprint density at radius 1 is 0.500 bits per heavy atom. The molecule has 0 radical (unpaired) electrons. The molecule has 0 bridgehead atoms. The van der Waals surface area contributed by atoms with Crippen molar-refractivity contribution in [1.82, 2.24) is 0 Å². The maximum Gasteiger partial charge on any atom is 0.316 e. The highest BCUT2D eigenvalue weighted by Crippen LogP contribution is 2.18. The summed E-state index contributed by atoms with van der Waals surface area (Å²) in [6.45, 7) is 4.53. The Kier molecular flexibility index (Phi) is 31.0. The van der Waals surface area contributed by atoms with Crippen molar-refractivity contribution in [2.75, 3.05) is 7.11 Å². The lowest BCUT2D eigenvalue weighted by molar-refractivity contribution is -0.149. The van der Waals surface area contributed by atoms with Crippen LogP contribution in [-0.4, -0.2) is 18.9 Å². The zero-order valence-corrected chi connectivity index (χ0v) is 27.2. The standard InChI is InChI=1S/C37H68O3/c1-4-6-8-10-12-14-16-18-20-22-24-26-28-30-32-34-36(38)35(37(39)40-3)33-31-29-27-25-23-21-19-17-15-13-11-9-7-5-2/h18-21,35H,4-17,22-34H2,1-3H3/b20-18-,21-19-. The van der Waals surface area contributed by atoms with Gasteiger partial charge in [-0.15, -0.1) is 0 Å². The van der Waals surface area contributed by atoms with Crippen LogP contribution in [0.25, 0.3) is 0 Å². The highest BCUT2D eigenvalue weighted by Gasteiger charge is 2.26. The van der Waals surface area contributed by atoms with E-state index in [1.165, 1.54) is 129 Å². The second-order valence-corrected chi connectivity index (χ2v) is 11.9. The first-order valence-corrected chi connectivity index (χ1v) is 17.6. The van der Waals surface area contributed by atoms with E-state index in [0.29, 0.717) is 12.8 Å². The first-order chi connectivity index (χ1) is 19.7. The molecule has 1 unspecified atom stereocenters. The van der Waals surface area contributed by atoms with Crippen molar-refractivity contribution < 1.29 is 14.3 Å². The number of carbonyl (C=O) groups excluding carboxylic acids is 2. The van der Waals surface area contributed by atoms with E-state index in [0.717, 1.165) is 38.5 Å². The molecule has 0 aromatic heterocycles. The van der Waals surface area contributed by atoms with Crippen LogP contribution in [0.15, 0.2) is 24.3 Å². The van der Waals surface area contributed by atoms with Crippen LogP contribution in [0.5, 0.6) is 0 Å². The molecular weight excluding hydrogens is 492 g/mol. The van der Waals surface area contributed by atoms with Gasteiger partial charge in [0, 0.05) is 6.42 Å². The van der Waals surface area contributed by atoms with Gasteiger partial charge in [0.2, 0.25) is 0 Å². The lowest BCUT2D eigenvalue weighted by Crippen LogP contribution is -2.25. The van der Waals surface area contributed by atoms with E-state index in [1.54, 1.807) is 0 Å². The predicted molar refractivity (Wildman–Crippen MR) is 175 cm³/mol. The predicted octanol–water partition coefficient (Wildman–Crippen LogP) is 12.0. The van der Waals surface area contributed by atoms with E-state index in [2.05, 4.69) is 38.2 Å². The van der Waals surface area contributed by atoms with Crippen LogP contribution in [-0.2, 0) is 14.3 Å². The number of ether oxygens (including phenoxy) is 1. The molecule has 3 nitrogen and oxygen atoms in total. The van der Waals surface area contributed by atoms with Crippen molar-refractivity contribution in [3.05, 3.63) is 24.3 Å². The van der Waals surface area contributed by atoms with Crippen molar-refractivity contribution in [2.24, 2.45) is 5.92 Å². The Balaban J connectivity index is 3.76. The molecule has 0 N–H and O–H groups in total. The summed E-state index contributed by atoms with van der Waals surface area (Å²) in [5.74, 6) is -0.809. The van der Waals surface area contributed by atoms with E-state index >= 15 is 0 Å². The Morgan fingerprint density at radius 3 is 1.25 bits per heavy atom. The van der Waals surface area contributed by atoms with Crippen LogP contribution in [0.2, 0.25) is 0 Å². The highest BCUT2D eigenvalue weighted by molar-refractivity contribution is 5.98. The molecule has 3 heteroatoms. The van der Waals surface area contributed by atoms with Gasteiger partial charge in [-0.1, -0.05) is 141 Å². The Labute approximate surface area is 250 Å². The second kappa shape index (κ2) is 32.1. The van der Waals surface area contributed by atoms with Crippen LogP contribution in [0.4, 0.5) is 0 Å².